The maximum Gasteiger partial charge on any atom is 0.296 e. The van der Waals surface area contributed by atoms with Crippen LogP contribution in [0.5, 0.6) is 0 Å². The van der Waals surface area contributed by atoms with Gasteiger partial charge in [-0.25, -0.2) is 8.42 Å². The quantitative estimate of drug-likeness (QED) is 0.735. The standard InChI is InChI=1S/C9H12ClN5O3S/c1-14-6-7(5-11-14)8-12-13-9(19(10,16)17)15(8)3-4-18-2/h5-6H,3-4H2,1-2H3. The molecule has 0 aromatic carbocycles. The third kappa shape index (κ3) is 2.94. The van der Waals surface area contributed by atoms with Crippen LogP contribution in [-0.4, -0.2) is 46.7 Å². The Balaban J connectivity index is 2.52. The lowest BCUT2D eigenvalue weighted by atomic mass is 10.3. The number of rotatable bonds is 5. The SMILES string of the molecule is COCCn1c(-c2cnn(C)c2)nnc1S(=O)(=O)Cl. The Kier molecular flexibility index (Phi) is 3.88. The molecule has 0 fully saturated rings. The van der Waals surface area contributed by atoms with Gasteiger partial charge in [0.05, 0.1) is 24.9 Å². The fourth-order valence-electron chi connectivity index (χ4n) is 1.60. The average molecular weight is 306 g/mol. The zero-order valence-electron chi connectivity index (χ0n) is 10.3. The van der Waals surface area contributed by atoms with Gasteiger partial charge >= 0.3 is 0 Å². The Morgan fingerprint density at radius 1 is 1.42 bits per heavy atom. The molecule has 0 N–H and O–H groups in total. The second-order valence-electron chi connectivity index (χ2n) is 3.79. The molecule has 2 aromatic rings. The molecule has 0 aliphatic heterocycles. The van der Waals surface area contributed by atoms with Gasteiger partial charge in [-0.3, -0.25) is 9.25 Å². The molecule has 10 heteroatoms. The van der Waals surface area contributed by atoms with Crippen molar-refractivity contribution in [3.63, 3.8) is 0 Å². The molecule has 0 aliphatic rings. The molecule has 0 unspecified atom stereocenters. The zero-order valence-corrected chi connectivity index (χ0v) is 11.9. The van der Waals surface area contributed by atoms with E-state index in [1.54, 1.807) is 24.1 Å². The summed E-state index contributed by atoms with van der Waals surface area (Å²) in [7, 11) is 4.64. The third-order valence-electron chi connectivity index (χ3n) is 2.42. The molecule has 0 saturated heterocycles. The monoisotopic (exact) mass is 305 g/mol. The predicted molar refractivity (Wildman–Crippen MR) is 67.1 cm³/mol. The maximum atomic E-state index is 11.4. The minimum absolute atomic E-state index is 0.273. The van der Waals surface area contributed by atoms with E-state index in [1.165, 1.54) is 11.7 Å². The summed E-state index contributed by atoms with van der Waals surface area (Å²) in [6.07, 6.45) is 3.27. The van der Waals surface area contributed by atoms with Gasteiger partial charge in [0.2, 0.25) is 0 Å². The van der Waals surface area contributed by atoms with Gasteiger partial charge in [0.25, 0.3) is 14.2 Å². The van der Waals surface area contributed by atoms with Crippen molar-refractivity contribution in [3.8, 4) is 11.4 Å². The van der Waals surface area contributed by atoms with Crippen molar-refractivity contribution in [1.82, 2.24) is 24.5 Å². The lowest BCUT2D eigenvalue weighted by Gasteiger charge is -2.06. The molecule has 8 nitrogen and oxygen atoms in total. The van der Waals surface area contributed by atoms with E-state index in [0.29, 0.717) is 18.0 Å². The average Bonchev–Trinajstić information content (AvgIpc) is 2.91. The molecular weight excluding hydrogens is 294 g/mol. The van der Waals surface area contributed by atoms with E-state index < -0.39 is 9.05 Å². The van der Waals surface area contributed by atoms with E-state index >= 15 is 0 Å². The first-order valence-corrected chi connectivity index (χ1v) is 7.60. The number of ether oxygens (including phenoxy) is 1. The van der Waals surface area contributed by atoms with Crippen LogP contribution in [0.4, 0.5) is 0 Å². The van der Waals surface area contributed by atoms with Gasteiger partial charge in [0, 0.05) is 31.0 Å². The normalized spacial score (nSPS) is 11.9. The summed E-state index contributed by atoms with van der Waals surface area (Å²) in [6, 6.07) is 0. The number of aromatic nitrogens is 5. The molecule has 0 amide bonds. The summed E-state index contributed by atoms with van der Waals surface area (Å²) in [5.41, 5.74) is 0.651. The van der Waals surface area contributed by atoms with Crippen molar-refractivity contribution in [2.45, 2.75) is 11.7 Å². The molecule has 0 bridgehead atoms. The second kappa shape index (κ2) is 5.27. The number of hydrogen-bond donors (Lipinski definition) is 0. The van der Waals surface area contributed by atoms with Crippen molar-refractivity contribution < 1.29 is 13.2 Å². The van der Waals surface area contributed by atoms with Crippen LogP contribution in [0.15, 0.2) is 17.6 Å². The Hall–Kier alpha value is -1.45. The van der Waals surface area contributed by atoms with Gasteiger partial charge in [0.15, 0.2) is 5.82 Å². The van der Waals surface area contributed by atoms with Crippen molar-refractivity contribution >= 4 is 19.7 Å². The van der Waals surface area contributed by atoms with Crippen LogP contribution in [0.1, 0.15) is 0 Å². The summed E-state index contributed by atoms with van der Waals surface area (Å²) in [6.45, 7) is 0.583. The first-order chi connectivity index (χ1) is 8.93. The zero-order chi connectivity index (χ0) is 14.0. The molecule has 0 aliphatic carbocycles. The molecule has 2 aromatic heterocycles. The highest BCUT2D eigenvalue weighted by Crippen LogP contribution is 2.21. The molecule has 104 valence electrons. The topological polar surface area (TPSA) is 91.9 Å². The minimum Gasteiger partial charge on any atom is -0.383 e. The van der Waals surface area contributed by atoms with Gasteiger partial charge < -0.3 is 4.74 Å². The van der Waals surface area contributed by atoms with Crippen LogP contribution < -0.4 is 0 Å². The minimum atomic E-state index is -3.97. The predicted octanol–water partition coefficient (Wildman–Crippen LogP) is 0.253. The smallest absolute Gasteiger partial charge is 0.296 e. The van der Waals surface area contributed by atoms with E-state index in [1.807, 2.05) is 0 Å². The van der Waals surface area contributed by atoms with Gasteiger partial charge in [-0.15, -0.1) is 10.2 Å². The van der Waals surface area contributed by atoms with Gasteiger partial charge in [0.1, 0.15) is 0 Å². The lowest BCUT2D eigenvalue weighted by molar-refractivity contribution is 0.185. The van der Waals surface area contributed by atoms with Crippen molar-refractivity contribution in [2.24, 2.45) is 7.05 Å². The highest BCUT2D eigenvalue weighted by molar-refractivity contribution is 8.13. The Labute approximate surface area is 114 Å². The van der Waals surface area contributed by atoms with E-state index in [-0.39, 0.29) is 11.7 Å². The number of halogens is 1. The third-order valence-corrected chi connectivity index (χ3v) is 3.57. The summed E-state index contributed by atoms with van der Waals surface area (Å²) >= 11 is 0. The number of methoxy groups -OCH3 is 1. The molecule has 0 atom stereocenters. The Morgan fingerprint density at radius 3 is 2.68 bits per heavy atom. The van der Waals surface area contributed by atoms with Crippen molar-refractivity contribution in [1.29, 1.82) is 0 Å². The van der Waals surface area contributed by atoms with Gasteiger partial charge in [-0.2, -0.15) is 5.10 Å². The van der Waals surface area contributed by atoms with Crippen molar-refractivity contribution in [3.05, 3.63) is 12.4 Å². The molecule has 0 spiro atoms. The number of aryl methyl sites for hydroxylation is 1. The highest BCUT2D eigenvalue weighted by atomic mass is 35.7. The summed E-state index contributed by atoms with van der Waals surface area (Å²) < 4.78 is 30.8. The number of nitrogens with zero attached hydrogens (tertiary/aromatic N) is 5. The van der Waals surface area contributed by atoms with Crippen LogP contribution in [0, 0.1) is 0 Å². The second-order valence-corrected chi connectivity index (χ2v) is 6.25. The molecule has 19 heavy (non-hydrogen) atoms. The van der Waals surface area contributed by atoms with Crippen molar-refractivity contribution in [2.75, 3.05) is 13.7 Å². The van der Waals surface area contributed by atoms with Gasteiger partial charge in [-0.1, -0.05) is 0 Å². The Bertz CT molecular complexity index is 678. The molecule has 0 saturated carbocycles. The van der Waals surface area contributed by atoms with Crippen LogP contribution in [0.3, 0.4) is 0 Å². The first kappa shape index (κ1) is 14.0. The fraction of sp³-hybridized carbons (Fsp3) is 0.444. The van der Waals surface area contributed by atoms with E-state index in [9.17, 15) is 8.42 Å². The van der Waals surface area contributed by atoms with Crippen LogP contribution >= 0.6 is 10.7 Å². The molecule has 2 rings (SSSR count). The fourth-order valence-corrected chi connectivity index (χ4v) is 2.53. The summed E-state index contributed by atoms with van der Waals surface area (Å²) in [5.74, 6) is 0.379. The first-order valence-electron chi connectivity index (χ1n) is 5.29. The summed E-state index contributed by atoms with van der Waals surface area (Å²) in [4.78, 5) is 0. The van der Waals surface area contributed by atoms with E-state index in [0.717, 1.165) is 0 Å². The van der Waals surface area contributed by atoms with Gasteiger partial charge in [-0.05, 0) is 0 Å². The Morgan fingerprint density at radius 2 is 2.16 bits per heavy atom. The molecule has 2 heterocycles. The van der Waals surface area contributed by atoms with E-state index in [4.69, 9.17) is 15.4 Å². The van der Waals surface area contributed by atoms with Crippen LogP contribution in [0.25, 0.3) is 11.4 Å². The largest absolute Gasteiger partial charge is 0.383 e. The molecular formula is C9H12ClN5O3S. The lowest BCUT2D eigenvalue weighted by Crippen LogP contribution is -2.11. The highest BCUT2D eigenvalue weighted by Gasteiger charge is 2.23. The maximum absolute atomic E-state index is 11.4. The number of hydrogen-bond acceptors (Lipinski definition) is 6. The van der Waals surface area contributed by atoms with E-state index in [2.05, 4.69) is 15.3 Å². The van der Waals surface area contributed by atoms with Crippen LogP contribution in [0.2, 0.25) is 0 Å². The van der Waals surface area contributed by atoms with Crippen LogP contribution in [-0.2, 0) is 27.4 Å². The molecule has 0 radical (unpaired) electrons. The summed E-state index contributed by atoms with van der Waals surface area (Å²) in [5, 5.41) is 11.2.